The van der Waals surface area contributed by atoms with E-state index >= 15 is 8.78 Å². The number of fused-ring (bicyclic) bond motifs is 3. The molecular weight excluding hydrogens is 796 g/mol. The Hall–Kier alpha value is -4.92. The molecule has 61 heavy (non-hydrogen) atoms. The maximum absolute atomic E-state index is 17.5. The zero-order valence-corrected chi connectivity index (χ0v) is 37.9. The van der Waals surface area contributed by atoms with E-state index in [1.807, 2.05) is 11.0 Å². The summed E-state index contributed by atoms with van der Waals surface area (Å²) in [6.07, 6.45) is 2.06. The van der Waals surface area contributed by atoms with Gasteiger partial charge in [-0.3, -0.25) is 9.88 Å². The Kier molecular flexibility index (Phi) is 12.4. The number of hydrogen-bond acceptors (Lipinski definition) is 9. The maximum atomic E-state index is 17.5. The summed E-state index contributed by atoms with van der Waals surface area (Å²) in [7, 11) is -2.28. The van der Waals surface area contributed by atoms with E-state index in [4.69, 9.17) is 19.4 Å². The number of anilines is 1. The van der Waals surface area contributed by atoms with Crippen molar-refractivity contribution >= 4 is 41.7 Å². The Balaban J connectivity index is 1.36. The third-order valence-corrected chi connectivity index (χ3v) is 19.4. The SMILES string of the molecule is CC(C)[Si](C#Cc1c(F)ccc2cccc(-c3ncc4c(N5CCN(C(=O)OC(C)(C)C)[C@@H](CC#N)C5)nc(OC[C@@]56CCCN5C[C@H](F)C6)nc4c3F)c12)(C(C)C)C(C)C. The highest BCUT2D eigenvalue weighted by atomic mass is 28.3. The highest BCUT2D eigenvalue weighted by molar-refractivity contribution is 6.90. The molecule has 7 rings (SSSR count). The molecule has 2 aromatic carbocycles. The number of carbonyl (C=O) groups excluding carboxylic acids is 1. The van der Waals surface area contributed by atoms with E-state index in [0.29, 0.717) is 57.1 Å². The number of carbonyl (C=O) groups is 1. The fourth-order valence-electron chi connectivity index (χ4n) is 10.3. The van der Waals surface area contributed by atoms with Gasteiger partial charge in [0, 0.05) is 49.7 Å². The molecule has 3 aliphatic rings. The number of piperazine rings is 1. The zero-order chi connectivity index (χ0) is 44.0. The number of amides is 1. The minimum atomic E-state index is -2.28. The quantitative estimate of drug-likeness (QED) is 0.120. The van der Waals surface area contributed by atoms with Crippen molar-refractivity contribution in [2.24, 2.45) is 0 Å². The molecule has 3 atom stereocenters. The number of alkyl halides is 1. The summed E-state index contributed by atoms with van der Waals surface area (Å²) in [6, 6.07) is 10.0. The molecule has 2 aromatic heterocycles. The van der Waals surface area contributed by atoms with Gasteiger partial charge in [0.05, 0.1) is 35.0 Å². The van der Waals surface area contributed by atoms with Gasteiger partial charge in [-0.05, 0) is 68.2 Å². The van der Waals surface area contributed by atoms with Crippen molar-refractivity contribution in [1.82, 2.24) is 24.8 Å². The van der Waals surface area contributed by atoms with Crippen LogP contribution in [0, 0.1) is 34.4 Å². The first-order chi connectivity index (χ1) is 28.9. The Morgan fingerprint density at radius 2 is 1.75 bits per heavy atom. The molecule has 1 amide bonds. The summed E-state index contributed by atoms with van der Waals surface area (Å²) < 4.78 is 60.4. The lowest BCUT2D eigenvalue weighted by Crippen LogP contribution is -2.56. The molecule has 3 saturated heterocycles. The lowest BCUT2D eigenvalue weighted by atomic mass is 9.95. The predicted molar refractivity (Wildman–Crippen MR) is 236 cm³/mol. The number of pyridine rings is 1. The fraction of sp³-hybridized carbons (Fsp3) is 0.553. The molecule has 0 N–H and O–H groups in total. The van der Waals surface area contributed by atoms with Crippen molar-refractivity contribution in [3.8, 4) is 34.8 Å². The van der Waals surface area contributed by atoms with Crippen molar-refractivity contribution in [3.05, 3.63) is 53.7 Å². The minimum absolute atomic E-state index is 0.0274. The van der Waals surface area contributed by atoms with Crippen molar-refractivity contribution in [2.45, 2.75) is 128 Å². The number of aromatic nitrogens is 3. The van der Waals surface area contributed by atoms with E-state index in [9.17, 15) is 14.4 Å². The molecule has 0 bridgehead atoms. The van der Waals surface area contributed by atoms with Crippen LogP contribution in [-0.4, -0.2) is 102 Å². The Bertz CT molecular complexity index is 2400. The zero-order valence-electron chi connectivity index (χ0n) is 36.9. The van der Waals surface area contributed by atoms with Crippen LogP contribution >= 0.6 is 0 Å². The highest BCUT2D eigenvalue weighted by Crippen LogP contribution is 2.43. The largest absolute Gasteiger partial charge is 0.461 e. The Morgan fingerprint density at radius 1 is 1.02 bits per heavy atom. The average molecular weight is 854 g/mol. The van der Waals surface area contributed by atoms with Crippen LogP contribution in [0.25, 0.3) is 32.9 Å². The van der Waals surface area contributed by atoms with Crippen LogP contribution in [-0.2, 0) is 4.74 Å². The van der Waals surface area contributed by atoms with E-state index in [0.717, 1.165) is 19.4 Å². The molecule has 0 unspecified atom stereocenters. The third-order valence-electron chi connectivity index (χ3n) is 13.1. The molecule has 0 aliphatic carbocycles. The number of rotatable bonds is 9. The first-order valence-corrected chi connectivity index (χ1v) is 23.9. The first-order valence-electron chi connectivity index (χ1n) is 21.6. The van der Waals surface area contributed by atoms with Crippen molar-refractivity contribution in [2.75, 3.05) is 44.2 Å². The summed E-state index contributed by atoms with van der Waals surface area (Å²) in [6.45, 7) is 20.5. The van der Waals surface area contributed by atoms with Crippen LogP contribution in [0.5, 0.6) is 6.01 Å². The molecule has 5 heterocycles. The molecule has 324 valence electrons. The lowest BCUT2D eigenvalue weighted by molar-refractivity contribution is 0.0145. The normalized spacial score (nSPS) is 21.0. The number of nitriles is 1. The first kappa shape index (κ1) is 44.1. The van der Waals surface area contributed by atoms with Gasteiger partial charge < -0.3 is 19.3 Å². The van der Waals surface area contributed by atoms with Gasteiger partial charge in [0.25, 0.3) is 0 Å². The monoisotopic (exact) mass is 853 g/mol. The smallest absolute Gasteiger partial charge is 0.410 e. The molecule has 4 aromatic rings. The van der Waals surface area contributed by atoms with E-state index in [1.54, 1.807) is 43.9 Å². The second-order valence-corrected chi connectivity index (χ2v) is 24.6. The van der Waals surface area contributed by atoms with Gasteiger partial charge in [-0.25, -0.2) is 18.0 Å². The number of ether oxygens (including phenoxy) is 2. The van der Waals surface area contributed by atoms with Gasteiger partial charge in [0.2, 0.25) is 0 Å². The van der Waals surface area contributed by atoms with Gasteiger partial charge in [0.15, 0.2) is 5.82 Å². The summed E-state index contributed by atoms with van der Waals surface area (Å²) in [5.41, 5.74) is 3.86. The van der Waals surface area contributed by atoms with E-state index < -0.39 is 49.2 Å². The number of nitrogens with zero attached hydrogens (tertiary/aromatic N) is 7. The van der Waals surface area contributed by atoms with E-state index in [-0.39, 0.29) is 55.4 Å². The lowest BCUT2D eigenvalue weighted by Gasteiger charge is -2.41. The van der Waals surface area contributed by atoms with Crippen LogP contribution in [0.3, 0.4) is 0 Å². The molecule has 10 nitrogen and oxygen atoms in total. The second kappa shape index (κ2) is 17.1. The minimum Gasteiger partial charge on any atom is -0.461 e. The van der Waals surface area contributed by atoms with Gasteiger partial charge >= 0.3 is 12.1 Å². The third kappa shape index (κ3) is 8.38. The average Bonchev–Trinajstić information content (AvgIpc) is 3.72. The predicted octanol–water partition coefficient (Wildman–Crippen LogP) is 9.99. The Labute approximate surface area is 358 Å². The summed E-state index contributed by atoms with van der Waals surface area (Å²) in [4.78, 5) is 33.1. The van der Waals surface area contributed by atoms with Crippen molar-refractivity contribution < 1.29 is 27.4 Å². The van der Waals surface area contributed by atoms with Crippen molar-refractivity contribution in [1.29, 1.82) is 5.26 Å². The van der Waals surface area contributed by atoms with E-state index in [2.05, 4.69) is 69.0 Å². The van der Waals surface area contributed by atoms with Crippen molar-refractivity contribution in [3.63, 3.8) is 0 Å². The molecule has 0 spiro atoms. The van der Waals surface area contributed by atoms with E-state index in [1.165, 1.54) is 12.3 Å². The Morgan fingerprint density at radius 3 is 2.44 bits per heavy atom. The van der Waals surface area contributed by atoms with Crippen LogP contribution < -0.4 is 9.64 Å². The van der Waals surface area contributed by atoms with Crippen LogP contribution in [0.1, 0.15) is 93.6 Å². The number of halogens is 3. The number of hydrogen-bond donors (Lipinski definition) is 0. The van der Waals surface area contributed by atoms with Crippen LogP contribution in [0.4, 0.5) is 23.8 Å². The van der Waals surface area contributed by atoms with Crippen LogP contribution in [0.15, 0.2) is 36.5 Å². The second-order valence-electron chi connectivity index (χ2n) is 19.0. The highest BCUT2D eigenvalue weighted by Gasteiger charge is 2.49. The van der Waals surface area contributed by atoms with Crippen LogP contribution in [0.2, 0.25) is 16.6 Å². The van der Waals surface area contributed by atoms with Gasteiger partial charge in [-0.1, -0.05) is 71.7 Å². The molecule has 3 fully saturated rings. The van der Waals surface area contributed by atoms with Gasteiger partial charge in [-0.15, -0.1) is 5.54 Å². The molecule has 0 radical (unpaired) electrons. The summed E-state index contributed by atoms with van der Waals surface area (Å²) in [5, 5.41) is 11.3. The topological polar surface area (TPSA) is 108 Å². The van der Waals surface area contributed by atoms with Gasteiger partial charge in [-0.2, -0.15) is 15.2 Å². The summed E-state index contributed by atoms with van der Waals surface area (Å²) >= 11 is 0. The molecule has 0 saturated carbocycles. The maximum Gasteiger partial charge on any atom is 0.410 e. The number of benzene rings is 2. The fourth-order valence-corrected chi connectivity index (χ4v) is 15.5. The molecule has 3 aliphatic heterocycles. The molecular formula is C47H58F3N7O3Si. The van der Waals surface area contributed by atoms with Gasteiger partial charge in [0.1, 0.15) is 49.3 Å². The molecule has 14 heteroatoms. The standard InChI is InChI=1S/C47H58F3N7O3Si/c1-29(2)61(30(3)4,31(5)6)23-17-35-38(49)15-14-32-12-10-13-36(39(32)35)41-40(50)42-37(25-52-41)43(54-44(53-42)59-28-47-18-11-20-56(47)26-33(48)24-47)55-21-22-57(34(27-55)16-19-51)45(58)60-46(7,8)9/h10,12-15,25,29-31,33-34H,11,16,18,20-22,24,26-28H2,1-9H3/t33-,34+,47+/m1/s1. The summed E-state index contributed by atoms with van der Waals surface area (Å²) in [5.74, 6) is 2.40.